The van der Waals surface area contributed by atoms with Crippen LogP contribution in [0.5, 0.6) is 11.5 Å². The lowest BCUT2D eigenvalue weighted by Crippen LogP contribution is -2.38. The fraction of sp³-hybridized carbons (Fsp3) is 0.278. The van der Waals surface area contributed by atoms with Gasteiger partial charge in [0.15, 0.2) is 5.13 Å². The first-order valence-electron chi connectivity index (χ1n) is 7.85. The summed E-state index contributed by atoms with van der Waals surface area (Å²) in [5, 5.41) is 10.9. The smallest absolute Gasteiger partial charge is 0.186 e. The molecule has 2 aromatic carbocycles. The number of phenolic OH excluding ortho intramolecular Hbond substituents is 1. The fourth-order valence-corrected chi connectivity index (χ4v) is 3.95. The molecule has 1 N–H and O–H groups in total. The maximum atomic E-state index is 9.89. The van der Waals surface area contributed by atoms with Crippen LogP contribution in [0.15, 0.2) is 48.5 Å². The van der Waals surface area contributed by atoms with Gasteiger partial charge in [0.2, 0.25) is 0 Å². The molecule has 0 saturated carbocycles. The molecule has 0 bridgehead atoms. The van der Waals surface area contributed by atoms with Gasteiger partial charge >= 0.3 is 0 Å². The van der Waals surface area contributed by atoms with Crippen LogP contribution in [0.25, 0.3) is 10.2 Å². The third-order valence-corrected chi connectivity index (χ3v) is 5.23. The largest absolute Gasteiger partial charge is 0.506 e. The van der Waals surface area contributed by atoms with Crippen LogP contribution < -0.4 is 9.64 Å². The Morgan fingerprint density at radius 1 is 1.04 bits per heavy atom. The maximum Gasteiger partial charge on any atom is 0.186 e. The summed E-state index contributed by atoms with van der Waals surface area (Å²) < 4.78 is 7.06. The van der Waals surface area contributed by atoms with Crippen molar-refractivity contribution in [2.45, 2.75) is 18.9 Å². The fourth-order valence-electron chi connectivity index (χ4n) is 2.91. The van der Waals surface area contributed by atoms with Crippen molar-refractivity contribution >= 4 is 26.7 Å². The van der Waals surface area contributed by atoms with E-state index in [9.17, 15) is 5.11 Å². The second-order valence-electron chi connectivity index (χ2n) is 5.74. The van der Waals surface area contributed by atoms with Crippen molar-refractivity contribution in [2.24, 2.45) is 0 Å². The minimum absolute atomic E-state index is 0.257. The zero-order valence-corrected chi connectivity index (χ0v) is 13.5. The number of hydrogen-bond donors (Lipinski definition) is 1. The van der Waals surface area contributed by atoms with E-state index in [0.717, 1.165) is 41.5 Å². The predicted molar refractivity (Wildman–Crippen MR) is 93.6 cm³/mol. The molecule has 5 heteroatoms. The number of fused-ring (bicyclic) bond motifs is 1. The van der Waals surface area contributed by atoms with Crippen molar-refractivity contribution in [3.63, 3.8) is 0 Å². The van der Waals surface area contributed by atoms with Crippen LogP contribution in [-0.2, 0) is 0 Å². The number of aromatic hydroxyl groups is 1. The van der Waals surface area contributed by atoms with Gasteiger partial charge in [-0.1, -0.05) is 35.6 Å². The highest BCUT2D eigenvalue weighted by molar-refractivity contribution is 7.22. The van der Waals surface area contributed by atoms with Gasteiger partial charge in [0, 0.05) is 25.9 Å². The van der Waals surface area contributed by atoms with E-state index in [2.05, 4.69) is 9.88 Å². The van der Waals surface area contributed by atoms with Gasteiger partial charge in [-0.3, -0.25) is 0 Å². The molecule has 1 aromatic heterocycles. The highest BCUT2D eigenvalue weighted by atomic mass is 32.1. The first-order chi connectivity index (χ1) is 11.3. The van der Waals surface area contributed by atoms with E-state index >= 15 is 0 Å². The summed E-state index contributed by atoms with van der Waals surface area (Å²) in [6.45, 7) is 1.86. The van der Waals surface area contributed by atoms with Gasteiger partial charge in [0.1, 0.15) is 23.1 Å². The third-order valence-electron chi connectivity index (χ3n) is 4.14. The van der Waals surface area contributed by atoms with E-state index in [1.165, 1.54) is 0 Å². The normalized spacial score (nSPS) is 15.9. The van der Waals surface area contributed by atoms with Crippen LogP contribution in [0.3, 0.4) is 0 Å². The van der Waals surface area contributed by atoms with Crippen LogP contribution in [0.2, 0.25) is 0 Å². The van der Waals surface area contributed by atoms with Crippen molar-refractivity contribution in [3.8, 4) is 11.5 Å². The molecule has 4 nitrogen and oxygen atoms in total. The topological polar surface area (TPSA) is 45.6 Å². The molecule has 23 heavy (non-hydrogen) atoms. The number of ether oxygens (including phenoxy) is 1. The Bertz CT molecular complexity index is 795. The van der Waals surface area contributed by atoms with E-state index in [1.807, 2.05) is 42.5 Å². The molecule has 0 atom stereocenters. The van der Waals surface area contributed by atoms with Crippen LogP contribution in [0.1, 0.15) is 12.8 Å². The molecule has 3 aromatic rings. The van der Waals surface area contributed by atoms with Crippen molar-refractivity contribution in [1.29, 1.82) is 0 Å². The molecule has 1 saturated heterocycles. The summed E-state index contributed by atoms with van der Waals surface area (Å²) in [6, 6.07) is 15.5. The Labute approximate surface area is 139 Å². The summed E-state index contributed by atoms with van der Waals surface area (Å²) in [5.41, 5.74) is 0.704. The Hall–Kier alpha value is -2.27. The summed E-state index contributed by atoms with van der Waals surface area (Å²) in [4.78, 5) is 6.89. The van der Waals surface area contributed by atoms with Gasteiger partial charge in [-0.2, -0.15) is 0 Å². The minimum Gasteiger partial charge on any atom is -0.506 e. The molecule has 0 amide bonds. The molecule has 4 rings (SSSR count). The average molecular weight is 326 g/mol. The number of phenols is 1. The number of anilines is 1. The van der Waals surface area contributed by atoms with E-state index in [4.69, 9.17) is 4.74 Å². The van der Waals surface area contributed by atoms with Gasteiger partial charge < -0.3 is 14.7 Å². The lowest BCUT2D eigenvalue weighted by molar-refractivity contribution is 0.171. The monoisotopic (exact) mass is 326 g/mol. The van der Waals surface area contributed by atoms with E-state index in [0.29, 0.717) is 5.52 Å². The Balaban J connectivity index is 1.43. The first-order valence-corrected chi connectivity index (χ1v) is 8.66. The van der Waals surface area contributed by atoms with Gasteiger partial charge in [-0.25, -0.2) is 4.98 Å². The highest BCUT2D eigenvalue weighted by Gasteiger charge is 2.23. The zero-order valence-electron chi connectivity index (χ0n) is 12.7. The molecule has 1 fully saturated rings. The molecule has 0 radical (unpaired) electrons. The molecule has 0 unspecified atom stereocenters. The Morgan fingerprint density at radius 2 is 1.83 bits per heavy atom. The molecule has 2 heterocycles. The maximum absolute atomic E-state index is 9.89. The van der Waals surface area contributed by atoms with Gasteiger partial charge in [0.25, 0.3) is 0 Å². The summed E-state index contributed by atoms with van der Waals surface area (Å²) in [6.07, 6.45) is 2.23. The number of piperidine rings is 1. The Kier molecular flexibility index (Phi) is 3.79. The van der Waals surface area contributed by atoms with E-state index < -0.39 is 0 Å². The lowest BCUT2D eigenvalue weighted by atomic mass is 10.1. The van der Waals surface area contributed by atoms with E-state index in [1.54, 1.807) is 17.4 Å². The standard InChI is InChI=1S/C18H18N2O2S/c21-15-7-4-8-16-17(15)19-18(23-16)20-11-9-14(10-12-20)22-13-5-2-1-3-6-13/h1-8,14,21H,9-12H2. The molecule has 118 valence electrons. The predicted octanol–water partition coefficient (Wildman–Crippen LogP) is 4.05. The third kappa shape index (κ3) is 2.97. The lowest BCUT2D eigenvalue weighted by Gasteiger charge is -2.31. The molecule has 1 aliphatic heterocycles. The van der Waals surface area contributed by atoms with Crippen molar-refractivity contribution < 1.29 is 9.84 Å². The second-order valence-corrected chi connectivity index (χ2v) is 6.75. The molecule has 0 aliphatic carbocycles. The van der Waals surface area contributed by atoms with Crippen LogP contribution in [0, 0.1) is 0 Å². The molecule has 1 aliphatic rings. The molecule has 0 spiro atoms. The number of hydrogen-bond acceptors (Lipinski definition) is 5. The number of thiazole rings is 1. The number of para-hydroxylation sites is 2. The molecular formula is C18H18N2O2S. The number of rotatable bonds is 3. The van der Waals surface area contributed by atoms with Gasteiger partial charge in [-0.15, -0.1) is 0 Å². The SMILES string of the molecule is Oc1cccc2sc(N3CCC(Oc4ccccc4)CC3)nc12. The first kappa shape index (κ1) is 14.3. The van der Waals surface area contributed by atoms with Crippen LogP contribution >= 0.6 is 11.3 Å². The second kappa shape index (κ2) is 6.08. The quantitative estimate of drug-likeness (QED) is 0.789. The number of aromatic nitrogens is 1. The molecular weight excluding hydrogens is 308 g/mol. The van der Waals surface area contributed by atoms with E-state index in [-0.39, 0.29) is 11.9 Å². The minimum atomic E-state index is 0.257. The highest BCUT2D eigenvalue weighted by Crippen LogP contribution is 2.34. The zero-order chi connectivity index (χ0) is 15.6. The van der Waals surface area contributed by atoms with Gasteiger partial charge in [-0.05, 0) is 24.3 Å². The van der Waals surface area contributed by atoms with Crippen molar-refractivity contribution in [3.05, 3.63) is 48.5 Å². The summed E-state index contributed by atoms with van der Waals surface area (Å²) in [7, 11) is 0. The van der Waals surface area contributed by atoms with Crippen LogP contribution in [-0.4, -0.2) is 29.3 Å². The van der Waals surface area contributed by atoms with Crippen molar-refractivity contribution in [2.75, 3.05) is 18.0 Å². The van der Waals surface area contributed by atoms with Crippen LogP contribution in [0.4, 0.5) is 5.13 Å². The summed E-state index contributed by atoms with van der Waals surface area (Å²) in [5.74, 6) is 1.20. The van der Waals surface area contributed by atoms with Gasteiger partial charge in [0.05, 0.1) is 4.70 Å². The average Bonchev–Trinajstić information content (AvgIpc) is 3.02. The van der Waals surface area contributed by atoms with Crippen molar-refractivity contribution in [1.82, 2.24) is 4.98 Å². The number of nitrogens with zero attached hydrogens (tertiary/aromatic N) is 2. The number of benzene rings is 2. The summed E-state index contributed by atoms with van der Waals surface area (Å²) >= 11 is 1.64. The Morgan fingerprint density at radius 3 is 2.57 bits per heavy atom.